The Kier molecular flexibility index (Phi) is 7.39. The number of urea groups is 1. The first-order chi connectivity index (χ1) is 14.9. The predicted octanol–water partition coefficient (Wildman–Crippen LogP) is 4.17. The minimum atomic E-state index is -0.301. The van der Waals surface area contributed by atoms with Gasteiger partial charge in [0, 0.05) is 43.1 Å². The van der Waals surface area contributed by atoms with Crippen LogP contribution in [-0.4, -0.2) is 44.2 Å². The van der Waals surface area contributed by atoms with Crippen LogP contribution in [0.15, 0.2) is 42.5 Å². The average Bonchev–Trinajstić information content (AvgIpc) is 3.11. The molecule has 7 nitrogen and oxygen atoms in total. The van der Waals surface area contributed by atoms with Crippen molar-refractivity contribution in [2.24, 2.45) is 0 Å². The molecule has 0 aliphatic carbocycles. The zero-order valence-corrected chi connectivity index (χ0v) is 18.8. The molecule has 3 amide bonds. The molecule has 0 aromatic heterocycles. The van der Waals surface area contributed by atoms with Gasteiger partial charge in [-0.05, 0) is 75.7 Å². The number of carbonyl (C=O) groups excluding carboxylic acids is 2. The molecule has 3 rings (SSSR count). The largest absolute Gasteiger partial charge is 0.494 e. The molecule has 0 unspecified atom stereocenters. The normalized spacial score (nSPS) is 15.7. The summed E-state index contributed by atoms with van der Waals surface area (Å²) in [7, 11) is 0. The van der Waals surface area contributed by atoms with Crippen molar-refractivity contribution in [2.75, 3.05) is 41.4 Å². The second-order valence-corrected chi connectivity index (χ2v) is 7.60. The van der Waals surface area contributed by atoms with Gasteiger partial charge in [-0.25, -0.2) is 4.79 Å². The van der Waals surface area contributed by atoms with Crippen LogP contribution in [0.25, 0.3) is 0 Å². The SMILES string of the molecule is CCOc1ccc(N2C[C@H](NC(=O)Nc3ccc(N(CC)CC)cc3C)CC2=O)cc1. The molecule has 2 N–H and O–H groups in total. The smallest absolute Gasteiger partial charge is 0.319 e. The van der Waals surface area contributed by atoms with Crippen LogP contribution in [0.5, 0.6) is 5.75 Å². The van der Waals surface area contributed by atoms with E-state index < -0.39 is 0 Å². The average molecular weight is 425 g/mol. The van der Waals surface area contributed by atoms with Crippen molar-refractivity contribution in [3.8, 4) is 5.75 Å². The Labute approximate surface area is 184 Å². The van der Waals surface area contributed by atoms with Gasteiger partial charge in [0.2, 0.25) is 5.91 Å². The number of hydrogen-bond donors (Lipinski definition) is 2. The van der Waals surface area contributed by atoms with Crippen LogP contribution in [0.4, 0.5) is 21.9 Å². The lowest BCUT2D eigenvalue weighted by molar-refractivity contribution is -0.117. The van der Waals surface area contributed by atoms with E-state index in [4.69, 9.17) is 4.74 Å². The zero-order valence-electron chi connectivity index (χ0n) is 18.8. The summed E-state index contributed by atoms with van der Waals surface area (Å²) in [4.78, 5) is 29.0. The summed E-state index contributed by atoms with van der Waals surface area (Å²) in [6, 6.07) is 12.9. The molecular formula is C24H32N4O3. The number of rotatable bonds is 8. The Morgan fingerprint density at radius 2 is 1.84 bits per heavy atom. The highest BCUT2D eigenvalue weighted by molar-refractivity contribution is 5.97. The first-order valence-electron chi connectivity index (χ1n) is 10.9. The first kappa shape index (κ1) is 22.5. The molecule has 2 aromatic carbocycles. The van der Waals surface area contributed by atoms with Gasteiger partial charge in [0.05, 0.1) is 12.6 Å². The molecule has 1 aliphatic heterocycles. The molecule has 0 spiro atoms. The van der Waals surface area contributed by atoms with Gasteiger partial charge in [-0.2, -0.15) is 0 Å². The number of ether oxygens (including phenoxy) is 1. The zero-order chi connectivity index (χ0) is 22.4. The monoisotopic (exact) mass is 424 g/mol. The minimum Gasteiger partial charge on any atom is -0.494 e. The van der Waals surface area contributed by atoms with Crippen molar-refractivity contribution in [1.29, 1.82) is 0 Å². The van der Waals surface area contributed by atoms with Crippen LogP contribution >= 0.6 is 0 Å². The maximum atomic E-state index is 12.5. The summed E-state index contributed by atoms with van der Waals surface area (Å²) >= 11 is 0. The predicted molar refractivity (Wildman–Crippen MR) is 125 cm³/mol. The maximum Gasteiger partial charge on any atom is 0.319 e. The molecule has 1 atom stereocenters. The summed E-state index contributed by atoms with van der Waals surface area (Å²) in [6.45, 7) is 11.1. The van der Waals surface area contributed by atoms with Crippen LogP contribution in [0.3, 0.4) is 0 Å². The number of amides is 3. The topological polar surface area (TPSA) is 73.9 Å². The fraction of sp³-hybridized carbons (Fsp3) is 0.417. The van der Waals surface area contributed by atoms with Gasteiger partial charge in [0.15, 0.2) is 0 Å². The molecule has 0 bridgehead atoms. The number of aryl methyl sites for hydroxylation is 1. The standard InChI is InChI=1S/C24H32N4O3/c1-5-27(6-2)20-10-13-22(17(4)14-20)26-24(30)25-18-15-23(29)28(16-18)19-8-11-21(12-9-19)31-7-3/h8-14,18H,5-7,15-16H2,1-4H3,(H2,25,26,30)/t18-/m1/s1. The number of nitrogens with one attached hydrogen (secondary N) is 2. The van der Waals surface area contributed by atoms with Crippen LogP contribution in [0.1, 0.15) is 32.8 Å². The molecule has 1 heterocycles. The number of anilines is 3. The van der Waals surface area contributed by atoms with Crippen molar-refractivity contribution in [2.45, 2.75) is 40.2 Å². The van der Waals surface area contributed by atoms with E-state index in [1.54, 1.807) is 4.90 Å². The lowest BCUT2D eigenvalue weighted by Crippen LogP contribution is -2.39. The van der Waals surface area contributed by atoms with E-state index in [0.29, 0.717) is 13.2 Å². The van der Waals surface area contributed by atoms with Crippen molar-refractivity contribution < 1.29 is 14.3 Å². The van der Waals surface area contributed by atoms with Crippen LogP contribution in [0, 0.1) is 6.92 Å². The van der Waals surface area contributed by atoms with E-state index in [9.17, 15) is 9.59 Å². The number of hydrogen-bond acceptors (Lipinski definition) is 4. The Bertz CT molecular complexity index is 910. The van der Waals surface area contributed by atoms with Gasteiger partial charge in [-0.1, -0.05) is 0 Å². The Morgan fingerprint density at radius 1 is 1.13 bits per heavy atom. The van der Waals surface area contributed by atoms with Crippen LogP contribution < -0.4 is 25.2 Å². The van der Waals surface area contributed by atoms with E-state index >= 15 is 0 Å². The number of nitrogens with zero attached hydrogens (tertiary/aromatic N) is 2. The third-order valence-electron chi connectivity index (χ3n) is 5.51. The highest BCUT2D eigenvalue weighted by Crippen LogP contribution is 2.25. The van der Waals surface area contributed by atoms with E-state index in [2.05, 4.69) is 35.4 Å². The second kappa shape index (κ2) is 10.2. The molecule has 0 radical (unpaired) electrons. The summed E-state index contributed by atoms with van der Waals surface area (Å²) in [5, 5.41) is 5.84. The summed E-state index contributed by atoms with van der Waals surface area (Å²) in [5.41, 5.74) is 3.71. The highest BCUT2D eigenvalue weighted by Gasteiger charge is 2.31. The summed E-state index contributed by atoms with van der Waals surface area (Å²) in [6.07, 6.45) is 0.278. The van der Waals surface area contributed by atoms with Crippen LogP contribution in [0.2, 0.25) is 0 Å². The Balaban J connectivity index is 1.58. The minimum absolute atomic E-state index is 0.00536. The summed E-state index contributed by atoms with van der Waals surface area (Å²) in [5.74, 6) is 0.767. The Hall–Kier alpha value is -3.22. The number of carbonyl (C=O) groups is 2. The van der Waals surface area contributed by atoms with Gasteiger partial charge in [0.25, 0.3) is 0 Å². The lowest BCUT2D eigenvalue weighted by atomic mass is 10.1. The fourth-order valence-electron chi connectivity index (χ4n) is 3.86. The Morgan fingerprint density at radius 3 is 2.45 bits per heavy atom. The highest BCUT2D eigenvalue weighted by atomic mass is 16.5. The number of benzene rings is 2. The van der Waals surface area contributed by atoms with Gasteiger partial charge < -0.3 is 25.2 Å². The molecule has 1 aliphatic rings. The summed E-state index contributed by atoms with van der Waals surface area (Å²) < 4.78 is 5.45. The lowest BCUT2D eigenvalue weighted by Gasteiger charge is -2.22. The quantitative estimate of drug-likeness (QED) is 0.667. The molecule has 7 heteroatoms. The van der Waals surface area contributed by atoms with Gasteiger partial charge >= 0.3 is 6.03 Å². The van der Waals surface area contributed by atoms with Crippen molar-refractivity contribution >= 4 is 29.0 Å². The third kappa shape index (κ3) is 5.48. The molecular weight excluding hydrogens is 392 g/mol. The molecule has 31 heavy (non-hydrogen) atoms. The molecule has 0 saturated carbocycles. The van der Waals surface area contributed by atoms with E-state index in [0.717, 1.165) is 41.5 Å². The van der Waals surface area contributed by atoms with Crippen molar-refractivity contribution in [1.82, 2.24) is 5.32 Å². The van der Waals surface area contributed by atoms with Gasteiger partial charge in [-0.3, -0.25) is 4.79 Å². The molecule has 166 valence electrons. The molecule has 1 saturated heterocycles. The molecule has 1 fully saturated rings. The van der Waals surface area contributed by atoms with E-state index in [-0.39, 0.29) is 24.4 Å². The van der Waals surface area contributed by atoms with Crippen molar-refractivity contribution in [3.63, 3.8) is 0 Å². The first-order valence-corrected chi connectivity index (χ1v) is 10.9. The van der Waals surface area contributed by atoms with E-state index in [1.807, 2.05) is 50.2 Å². The van der Waals surface area contributed by atoms with Crippen LogP contribution in [-0.2, 0) is 4.79 Å². The van der Waals surface area contributed by atoms with E-state index in [1.165, 1.54) is 0 Å². The third-order valence-corrected chi connectivity index (χ3v) is 5.51. The maximum absolute atomic E-state index is 12.5. The van der Waals surface area contributed by atoms with Crippen molar-refractivity contribution in [3.05, 3.63) is 48.0 Å². The fourth-order valence-corrected chi connectivity index (χ4v) is 3.86. The molecule has 2 aromatic rings. The second-order valence-electron chi connectivity index (χ2n) is 7.60. The van der Waals surface area contributed by atoms with Gasteiger partial charge in [0.1, 0.15) is 5.75 Å². The van der Waals surface area contributed by atoms with Gasteiger partial charge in [-0.15, -0.1) is 0 Å².